The minimum Gasteiger partial charge on any atom is -0.461 e. The van der Waals surface area contributed by atoms with Gasteiger partial charge in [-0.1, -0.05) is 24.3 Å². The summed E-state index contributed by atoms with van der Waals surface area (Å²) in [6.45, 7) is 2.13. The number of primary amides is 1. The average Bonchev–Trinajstić information content (AvgIpc) is 2.64. The standard InChI is InChI=1S/C19H17N3O4/c1-2-26-19(25)16-17(23)14-5-3-4-6-15(14)22(21-16)11-12-7-9-13(10-8-12)18(20)24/h3-10H,2,11H2,1H3,(H2,20,24). The highest BCUT2D eigenvalue weighted by molar-refractivity contribution is 5.93. The van der Waals surface area contributed by atoms with Crippen LogP contribution in [0.1, 0.15) is 33.3 Å². The number of para-hydroxylation sites is 1. The Morgan fingerprint density at radius 1 is 1.12 bits per heavy atom. The van der Waals surface area contributed by atoms with Gasteiger partial charge in [0.15, 0.2) is 0 Å². The number of aromatic nitrogens is 2. The highest BCUT2D eigenvalue weighted by Crippen LogP contribution is 2.13. The fourth-order valence-electron chi connectivity index (χ4n) is 2.64. The van der Waals surface area contributed by atoms with E-state index in [1.54, 1.807) is 60.1 Å². The van der Waals surface area contributed by atoms with Gasteiger partial charge in [0, 0.05) is 10.9 Å². The zero-order valence-corrected chi connectivity index (χ0v) is 14.1. The molecule has 26 heavy (non-hydrogen) atoms. The van der Waals surface area contributed by atoms with Crippen molar-refractivity contribution in [1.82, 2.24) is 9.78 Å². The molecule has 0 spiro atoms. The first-order chi connectivity index (χ1) is 12.5. The van der Waals surface area contributed by atoms with E-state index in [1.165, 1.54) is 0 Å². The molecule has 0 saturated heterocycles. The summed E-state index contributed by atoms with van der Waals surface area (Å²) in [4.78, 5) is 35.8. The van der Waals surface area contributed by atoms with Crippen LogP contribution in [0.3, 0.4) is 0 Å². The van der Waals surface area contributed by atoms with Gasteiger partial charge in [0.05, 0.1) is 18.7 Å². The molecule has 7 heteroatoms. The van der Waals surface area contributed by atoms with Crippen molar-refractivity contribution in [2.75, 3.05) is 6.61 Å². The minimum atomic E-state index is -0.749. The molecule has 0 aliphatic carbocycles. The number of fused-ring (bicyclic) bond motifs is 1. The summed E-state index contributed by atoms with van der Waals surface area (Å²) in [5.74, 6) is -1.26. The maximum Gasteiger partial charge on any atom is 0.362 e. The molecule has 0 unspecified atom stereocenters. The lowest BCUT2D eigenvalue weighted by molar-refractivity contribution is 0.0515. The van der Waals surface area contributed by atoms with Gasteiger partial charge in [-0.25, -0.2) is 4.79 Å². The van der Waals surface area contributed by atoms with E-state index in [9.17, 15) is 14.4 Å². The van der Waals surface area contributed by atoms with Crippen LogP contribution < -0.4 is 11.2 Å². The predicted octanol–water partition coefficient (Wildman–Crippen LogP) is 1.72. The summed E-state index contributed by atoms with van der Waals surface area (Å²) in [6, 6.07) is 13.7. The van der Waals surface area contributed by atoms with Crippen molar-refractivity contribution >= 4 is 22.8 Å². The van der Waals surface area contributed by atoms with E-state index < -0.39 is 17.3 Å². The van der Waals surface area contributed by atoms with Crippen LogP contribution in [0, 0.1) is 0 Å². The van der Waals surface area contributed by atoms with Gasteiger partial charge >= 0.3 is 5.97 Å². The third kappa shape index (κ3) is 3.32. The van der Waals surface area contributed by atoms with Crippen molar-refractivity contribution in [3.8, 4) is 0 Å². The van der Waals surface area contributed by atoms with Crippen molar-refractivity contribution in [2.24, 2.45) is 5.73 Å². The number of carbonyl (C=O) groups is 2. The second-order valence-electron chi connectivity index (χ2n) is 5.63. The van der Waals surface area contributed by atoms with Crippen molar-refractivity contribution in [1.29, 1.82) is 0 Å². The number of ether oxygens (including phenoxy) is 1. The fraction of sp³-hybridized carbons (Fsp3) is 0.158. The molecule has 0 bridgehead atoms. The molecule has 1 aromatic heterocycles. The predicted molar refractivity (Wildman–Crippen MR) is 96.0 cm³/mol. The molecule has 0 atom stereocenters. The van der Waals surface area contributed by atoms with Gasteiger partial charge in [0.2, 0.25) is 17.0 Å². The van der Waals surface area contributed by atoms with E-state index in [0.29, 0.717) is 23.0 Å². The van der Waals surface area contributed by atoms with Crippen LogP contribution in [0.15, 0.2) is 53.3 Å². The molecule has 0 saturated carbocycles. The first-order valence-electron chi connectivity index (χ1n) is 8.07. The van der Waals surface area contributed by atoms with Crippen molar-refractivity contribution < 1.29 is 14.3 Å². The Morgan fingerprint density at radius 3 is 2.46 bits per heavy atom. The number of carbonyl (C=O) groups excluding carboxylic acids is 2. The van der Waals surface area contributed by atoms with E-state index in [4.69, 9.17) is 10.5 Å². The molecule has 1 heterocycles. The number of benzene rings is 2. The first kappa shape index (κ1) is 17.3. The summed E-state index contributed by atoms with van der Waals surface area (Å²) >= 11 is 0. The molecule has 0 aliphatic rings. The molecular formula is C19H17N3O4. The second-order valence-corrected chi connectivity index (χ2v) is 5.63. The van der Waals surface area contributed by atoms with Gasteiger partial charge in [-0.2, -0.15) is 5.10 Å². The van der Waals surface area contributed by atoms with E-state index in [1.807, 2.05) is 0 Å². The largest absolute Gasteiger partial charge is 0.461 e. The maximum absolute atomic E-state index is 12.5. The van der Waals surface area contributed by atoms with Gasteiger partial charge < -0.3 is 10.5 Å². The summed E-state index contributed by atoms with van der Waals surface area (Å²) in [5, 5.41) is 4.60. The van der Waals surface area contributed by atoms with Crippen LogP contribution in [0.5, 0.6) is 0 Å². The molecule has 0 aliphatic heterocycles. The Kier molecular flexibility index (Phi) is 4.79. The molecular weight excluding hydrogens is 334 g/mol. The SMILES string of the molecule is CCOC(=O)c1nn(Cc2ccc(C(N)=O)cc2)c2ccccc2c1=O. The normalized spacial score (nSPS) is 10.7. The lowest BCUT2D eigenvalue weighted by Gasteiger charge is -2.12. The Hall–Kier alpha value is -3.48. The summed E-state index contributed by atoms with van der Waals surface area (Å²) in [6.07, 6.45) is 0. The lowest BCUT2D eigenvalue weighted by Crippen LogP contribution is -2.25. The Labute approximate surface area is 149 Å². The molecule has 3 aromatic rings. The quantitative estimate of drug-likeness (QED) is 0.705. The zero-order chi connectivity index (χ0) is 18.7. The monoisotopic (exact) mass is 351 g/mol. The number of nitrogens with zero attached hydrogens (tertiary/aromatic N) is 2. The molecule has 1 amide bonds. The van der Waals surface area contributed by atoms with E-state index in [-0.39, 0.29) is 12.3 Å². The summed E-state index contributed by atoms with van der Waals surface area (Å²) < 4.78 is 6.51. The number of esters is 1. The average molecular weight is 351 g/mol. The number of hydrogen-bond donors (Lipinski definition) is 1. The number of amides is 1. The number of nitrogens with two attached hydrogens (primary N) is 1. The van der Waals surface area contributed by atoms with Gasteiger partial charge in [-0.05, 0) is 36.8 Å². The number of rotatable bonds is 5. The number of hydrogen-bond acceptors (Lipinski definition) is 5. The van der Waals surface area contributed by atoms with Gasteiger partial charge in [0.1, 0.15) is 0 Å². The van der Waals surface area contributed by atoms with E-state index in [0.717, 1.165) is 5.56 Å². The van der Waals surface area contributed by atoms with Crippen LogP contribution in [-0.4, -0.2) is 28.3 Å². The van der Waals surface area contributed by atoms with E-state index >= 15 is 0 Å². The molecule has 132 valence electrons. The fourth-order valence-corrected chi connectivity index (χ4v) is 2.64. The van der Waals surface area contributed by atoms with Crippen molar-refractivity contribution in [3.63, 3.8) is 0 Å². The Balaban J connectivity index is 2.09. The Morgan fingerprint density at radius 2 is 1.81 bits per heavy atom. The third-order valence-corrected chi connectivity index (χ3v) is 3.90. The lowest BCUT2D eigenvalue weighted by atomic mass is 10.1. The molecule has 0 radical (unpaired) electrons. The van der Waals surface area contributed by atoms with Gasteiger partial charge in [-0.15, -0.1) is 0 Å². The molecule has 7 nitrogen and oxygen atoms in total. The minimum absolute atomic E-state index is 0.154. The topological polar surface area (TPSA) is 104 Å². The van der Waals surface area contributed by atoms with Gasteiger partial charge in [0.25, 0.3) is 0 Å². The zero-order valence-electron chi connectivity index (χ0n) is 14.1. The van der Waals surface area contributed by atoms with Crippen LogP contribution in [-0.2, 0) is 11.3 Å². The summed E-state index contributed by atoms with van der Waals surface area (Å²) in [5.41, 5.74) is 6.38. The smallest absolute Gasteiger partial charge is 0.362 e. The van der Waals surface area contributed by atoms with Crippen LogP contribution >= 0.6 is 0 Å². The molecule has 0 fully saturated rings. The van der Waals surface area contributed by atoms with E-state index in [2.05, 4.69) is 5.10 Å². The molecule has 2 aromatic carbocycles. The maximum atomic E-state index is 12.5. The van der Waals surface area contributed by atoms with Crippen LogP contribution in [0.4, 0.5) is 0 Å². The second kappa shape index (κ2) is 7.18. The molecule has 2 N–H and O–H groups in total. The summed E-state index contributed by atoms with van der Waals surface area (Å²) in [7, 11) is 0. The first-order valence-corrected chi connectivity index (χ1v) is 8.07. The van der Waals surface area contributed by atoms with Crippen molar-refractivity contribution in [3.05, 3.63) is 75.6 Å². The Bertz CT molecular complexity index is 1040. The highest BCUT2D eigenvalue weighted by atomic mass is 16.5. The molecule has 3 rings (SSSR count). The van der Waals surface area contributed by atoms with Crippen LogP contribution in [0.25, 0.3) is 10.9 Å². The highest BCUT2D eigenvalue weighted by Gasteiger charge is 2.18. The van der Waals surface area contributed by atoms with Crippen LogP contribution in [0.2, 0.25) is 0 Å². The van der Waals surface area contributed by atoms with Gasteiger partial charge in [-0.3, -0.25) is 14.3 Å². The van der Waals surface area contributed by atoms with Crippen molar-refractivity contribution in [2.45, 2.75) is 13.5 Å². The third-order valence-electron chi connectivity index (χ3n) is 3.90.